The number of anilines is 2. The molecular formula is C12H17Cl2N3O. The Morgan fingerprint density at radius 1 is 1.33 bits per heavy atom. The highest BCUT2D eigenvalue weighted by molar-refractivity contribution is 6.37. The van der Waals surface area contributed by atoms with Crippen LogP contribution in [-0.2, 0) is 0 Å². The van der Waals surface area contributed by atoms with Crippen molar-refractivity contribution in [2.24, 2.45) is 5.41 Å². The van der Waals surface area contributed by atoms with Crippen molar-refractivity contribution >= 4 is 34.8 Å². The Kier molecular flexibility index (Phi) is 4.20. The number of aliphatic hydroxyl groups excluding tert-OH is 1. The van der Waals surface area contributed by atoms with Crippen LogP contribution in [0.5, 0.6) is 0 Å². The van der Waals surface area contributed by atoms with Gasteiger partial charge in [-0.3, -0.25) is 0 Å². The maximum Gasteiger partial charge on any atom is 0.147 e. The zero-order valence-corrected chi connectivity index (χ0v) is 11.8. The zero-order valence-electron chi connectivity index (χ0n) is 10.3. The lowest BCUT2D eigenvalue weighted by molar-refractivity contribution is 0.253. The molecule has 6 heteroatoms. The maximum atomic E-state index is 9.02. The Labute approximate surface area is 117 Å². The van der Waals surface area contributed by atoms with Gasteiger partial charge in [-0.1, -0.05) is 23.2 Å². The van der Waals surface area contributed by atoms with E-state index in [-0.39, 0.29) is 12.0 Å². The van der Waals surface area contributed by atoms with Gasteiger partial charge in [0, 0.05) is 20.2 Å². The lowest BCUT2D eigenvalue weighted by atomic mass is 10.0. The zero-order chi connectivity index (χ0) is 13.2. The van der Waals surface area contributed by atoms with Crippen molar-refractivity contribution in [2.45, 2.75) is 19.3 Å². The van der Waals surface area contributed by atoms with Gasteiger partial charge in [0.15, 0.2) is 0 Å². The Morgan fingerprint density at radius 2 is 2.00 bits per heavy atom. The van der Waals surface area contributed by atoms with E-state index in [1.165, 1.54) is 0 Å². The van der Waals surface area contributed by atoms with Crippen LogP contribution < -0.4 is 10.6 Å². The van der Waals surface area contributed by atoms with Gasteiger partial charge >= 0.3 is 0 Å². The van der Waals surface area contributed by atoms with Crippen LogP contribution in [-0.4, -0.2) is 30.3 Å². The highest BCUT2D eigenvalue weighted by atomic mass is 35.5. The van der Waals surface area contributed by atoms with Gasteiger partial charge in [0.1, 0.15) is 11.6 Å². The molecular weight excluding hydrogens is 273 g/mol. The first kappa shape index (κ1) is 13.7. The van der Waals surface area contributed by atoms with Crippen molar-refractivity contribution in [1.29, 1.82) is 0 Å². The van der Waals surface area contributed by atoms with Crippen molar-refractivity contribution in [3.63, 3.8) is 0 Å². The molecule has 3 N–H and O–H groups in total. The van der Waals surface area contributed by atoms with Crippen LogP contribution >= 0.6 is 23.2 Å². The normalized spacial score (nSPS) is 16.4. The van der Waals surface area contributed by atoms with E-state index >= 15 is 0 Å². The predicted molar refractivity (Wildman–Crippen MR) is 75.7 cm³/mol. The molecule has 1 heterocycles. The van der Waals surface area contributed by atoms with Crippen molar-refractivity contribution in [1.82, 2.24) is 4.98 Å². The van der Waals surface area contributed by atoms with Crippen molar-refractivity contribution in [2.75, 3.05) is 30.8 Å². The Hall–Kier alpha value is -0.710. The fraction of sp³-hybridized carbons (Fsp3) is 0.583. The molecule has 1 aliphatic carbocycles. The summed E-state index contributed by atoms with van der Waals surface area (Å²) in [4.78, 5) is 4.33. The summed E-state index contributed by atoms with van der Waals surface area (Å²) in [6.07, 6.45) is 3.11. The highest BCUT2D eigenvalue weighted by Gasteiger charge is 2.41. The lowest BCUT2D eigenvalue weighted by Crippen LogP contribution is -2.17. The number of aliphatic hydroxyl groups is 1. The van der Waals surface area contributed by atoms with Crippen LogP contribution in [0.3, 0.4) is 0 Å². The number of nitrogens with zero attached hydrogens (tertiary/aromatic N) is 1. The SMILES string of the molecule is CNc1nc(NCC2(CCO)CC2)c(Cl)cc1Cl. The maximum absolute atomic E-state index is 9.02. The molecule has 1 aromatic rings. The quantitative estimate of drug-likeness (QED) is 0.754. The number of hydrogen-bond acceptors (Lipinski definition) is 4. The van der Waals surface area contributed by atoms with Crippen LogP contribution in [0.1, 0.15) is 19.3 Å². The van der Waals surface area contributed by atoms with Crippen LogP contribution in [0.4, 0.5) is 11.6 Å². The second-order valence-electron chi connectivity index (χ2n) is 4.73. The second-order valence-corrected chi connectivity index (χ2v) is 5.54. The molecule has 1 aromatic heterocycles. The van der Waals surface area contributed by atoms with E-state index in [1.54, 1.807) is 13.1 Å². The first-order valence-corrected chi connectivity index (χ1v) is 6.74. The minimum absolute atomic E-state index is 0.221. The van der Waals surface area contributed by atoms with Crippen molar-refractivity contribution in [3.8, 4) is 0 Å². The van der Waals surface area contributed by atoms with Crippen LogP contribution in [0, 0.1) is 5.41 Å². The van der Waals surface area contributed by atoms with Crippen LogP contribution in [0.15, 0.2) is 6.07 Å². The summed E-state index contributed by atoms with van der Waals surface area (Å²) in [6, 6.07) is 1.68. The molecule has 2 rings (SSSR count). The molecule has 1 aliphatic rings. The van der Waals surface area contributed by atoms with Crippen molar-refractivity contribution < 1.29 is 5.11 Å². The molecule has 0 aliphatic heterocycles. The van der Waals surface area contributed by atoms with Gasteiger partial charge in [-0.15, -0.1) is 0 Å². The molecule has 100 valence electrons. The molecule has 0 spiro atoms. The third-order valence-corrected chi connectivity index (χ3v) is 3.97. The van der Waals surface area contributed by atoms with Gasteiger partial charge in [-0.25, -0.2) is 4.98 Å². The van der Waals surface area contributed by atoms with Gasteiger partial charge in [0.25, 0.3) is 0 Å². The number of pyridine rings is 1. The summed E-state index contributed by atoms with van der Waals surface area (Å²) in [5.74, 6) is 1.24. The molecule has 0 radical (unpaired) electrons. The summed E-state index contributed by atoms with van der Waals surface area (Å²) in [5, 5.41) is 16.2. The monoisotopic (exact) mass is 289 g/mol. The Balaban J connectivity index is 2.05. The molecule has 0 atom stereocenters. The molecule has 18 heavy (non-hydrogen) atoms. The molecule has 1 fully saturated rings. The molecule has 0 aromatic carbocycles. The van der Waals surface area contributed by atoms with Gasteiger partial charge < -0.3 is 15.7 Å². The third kappa shape index (κ3) is 2.99. The van der Waals surface area contributed by atoms with Gasteiger partial charge in [-0.05, 0) is 30.7 Å². The summed E-state index contributed by atoms with van der Waals surface area (Å²) < 4.78 is 0. The average molecular weight is 290 g/mol. The lowest BCUT2D eigenvalue weighted by Gasteiger charge is -2.16. The number of rotatable bonds is 6. The van der Waals surface area contributed by atoms with Crippen LogP contribution in [0.25, 0.3) is 0 Å². The molecule has 4 nitrogen and oxygen atoms in total. The number of nitrogens with one attached hydrogen (secondary N) is 2. The number of aromatic nitrogens is 1. The summed E-state index contributed by atoms with van der Waals surface area (Å²) in [5.41, 5.74) is 0.221. The summed E-state index contributed by atoms with van der Waals surface area (Å²) in [6.45, 7) is 1.01. The third-order valence-electron chi connectivity index (χ3n) is 3.40. The predicted octanol–water partition coefficient (Wildman–Crippen LogP) is 3.00. The largest absolute Gasteiger partial charge is 0.396 e. The number of hydrogen-bond donors (Lipinski definition) is 3. The number of halogens is 2. The standard InChI is InChI=1S/C12H17Cl2N3O/c1-15-10-8(13)6-9(14)11(17-10)16-7-12(2-3-12)4-5-18/h6,18H,2-5,7H2,1H3,(H2,15,16,17). The molecule has 0 amide bonds. The fourth-order valence-electron chi connectivity index (χ4n) is 1.97. The molecule has 0 bridgehead atoms. The van der Waals surface area contributed by atoms with Gasteiger partial charge in [0.2, 0.25) is 0 Å². The van der Waals surface area contributed by atoms with E-state index in [9.17, 15) is 0 Å². The minimum atomic E-state index is 0.221. The van der Waals surface area contributed by atoms with E-state index in [0.29, 0.717) is 21.7 Å². The van der Waals surface area contributed by atoms with E-state index in [0.717, 1.165) is 25.8 Å². The second kappa shape index (κ2) is 5.51. The highest BCUT2D eigenvalue weighted by Crippen LogP contribution is 2.48. The topological polar surface area (TPSA) is 57.2 Å². The first-order chi connectivity index (χ1) is 8.60. The van der Waals surface area contributed by atoms with Gasteiger partial charge in [0.05, 0.1) is 10.0 Å². The Bertz CT molecular complexity index is 436. The summed E-state index contributed by atoms with van der Waals surface area (Å²) in [7, 11) is 1.76. The Morgan fingerprint density at radius 3 is 2.56 bits per heavy atom. The van der Waals surface area contributed by atoms with Crippen molar-refractivity contribution in [3.05, 3.63) is 16.1 Å². The first-order valence-electron chi connectivity index (χ1n) is 5.99. The van der Waals surface area contributed by atoms with Gasteiger partial charge in [-0.2, -0.15) is 0 Å². The smallest absolute Gasteiger partial charge is 0.147 e. The van der Waals surface area contributed by atoms with Crippen LogP contribution in [0.2, 0.25) is 10.0 Å². The molecule has 0 saturated heterocycles. The van der Waals surface area contributed by atoms with E-state index < -0.39 is 0 Å². The average Bonchev–Trinajstić information content (AvgIpc) is 3.09. The van der Waals surface area contributed by atoms with E-state index in [1.807, 2.05) is 0 Å². The fourth-order valence-corrected chi connectivity index (χ4v) is 2.49. The molecule has 0 unspecified atom stereocenters. The van der Waals surface area contributed by atoms with E-state index in [2.05, 4.69) is 15.6 Å². The summed E-state index contributed by atoms with van der Waals surface area (Å²) >= 11 is 12.1. The minimum Gasteiger partial charge on any atom is -0.396 e. The van der Waals surface area contributed by atoms with E-state index in [4.69, 9.17) is 28.3 Å². The molecule has 1 saturated carbocycles.